The van der Waals surface area contributed by atoms with Gasteiger partial charge in [0.05, 0.1) is 6.10 Å². The molecule has 5 rings (SSSR count). The third-order valence-electron chi connectivity index (χ3n) is 6.50. The van der Waals surface area contributed by atoms with Gasteiger partial charge in [-0.1, -0.05) is 62.4 Å². The van der Waals surface area contributed by atoms with Gasteiger partial charge in [-0.2, -0.15) is 0 Å². The van der Waals surface area contributed by atoms with Crippen LogP contribution in [0.25, 0.3) is 22.3 Å². The average molecular weight is 449 g/mol. The first-order chi connectivity index (χ1) is 16.0. The smallest absolute Gasteiger partial charge is 0.166 e. The van der Waals surface area contributed by atoms with Crippen LogP contribution in [0.4, 0.5) is 0 Å². The lowest BCUT2D eigenvalue weighted by atomic mass is 9.89. The summed E-state index contributed by atoms with van der Waals surface area (Å²) in [5, 5.41) is 29.6. The minimum atomic E-state index is -0.161. The van der Waals surface area contributed by atoms with Crippen LogP contribution in [0.3, 0.4) is 0 Å². The standard InChI is InChI=1S/C20H20N2O2.C6H10O.C2H6/c21-11-13-5-1-3-7-15(13)17-9-10-18(23)20(24)19(17)16-8-4-2-6-14(16)12-22;7-6-2-1-4-3-5(4)6;1-2/h1-10,23-24H,11-12,21-22H2;4-7H,1-3H2;1-2H3. The van der Waals surface area contributed by atoms with Gasteiger partial charge in [0.1, 0.15) is 0 Å². The lowest BCUT2D eigenvalue weighted by Crippen LogP contribution is -2.02. The van der Waals surface area contributed by atoms with Crippen LogP contribution in [0.1, 0.15) is 44.2 Å². The van der Waals surface area contributed by atoms with Gasteiger partial charge >= 0.3 is 0 Å². The molecule has 0 amide bonds. The van der Waals surface area contributed by atoms with Crippen LogP contribution in [-0.4, -0.2) is 21.4 Å². The Labute approximate surface area is 196 Å². The number of aliphatic hydroxyl groups excluding tert-OH is 1. The molecule has 3 aromatic rings. The van der Waals surface area contributed by atoms with Gasteiger partial charge in [-0.05, 0) is 71.0 Å². The van der Waals surface area contributed by atoms with Crippen LogP contribution in [0.5, 0.6) is 11.5 Å². The van der Waals surface area contributed by atoms with E-state index >= 15 is 0 Å². The molecule has 7 N–H and O–H groups in total. The van der Waals surface area contributed by atoms with Crippen LogP contribution in [0.2, 0.25) is 0 Å². The zero-order chi connectivity index (χ0) is 24.0. The third-order valence-corrected chi connectivity index (χ3v) is 6.50. The maximum absolute atomic E-state index is 10.6. The Morgan fingerprint density at radius 1 is 0.758 bits per heavy atom. The highest BCUT2D eigenvalue weighted by Crippen LogP contribution is 2.51. The third kappa shape index (κ3) is 5.38. The average Bonchev–Trinajstić information content (AvgIpc) is 3.57. The Balaban J connectivity index is 0.000000283. The van der Waals surface area contributed by atoms with Crippen molar-refractivity contribution < 1.29 is 15.3 Å². The van der Waals surface area contributed by atoms with Crippen molar-refractivity contribution >= 4 is 0 Å². The number of rotatable bonds is 4. The summed E-state index contributed by atoms with van der Waals surface area (Å²) in [5.74, 6) is 1.36. The van der Waals surface area contributed by atoms with Crippen molar-refractivity contribution in [3.05, 3.63) is 71.8 Å². The summed E-state index contributed by atoms with van der Waals surface area (Å²) in [7, 11) is 0. The molecule has 0 radical (unpaired) electrons. The van der Waals surface area contributed by atoms with E-state index in [1.807, 2.05) is 62.4 Å². The second kappa shape index (κ2) is 11.3. The SMILES string of the molecule is CC.NCc1ccccc1-c1ccc(O)c(O)c1-c1ccccc1CN.OC1CCC2CC12. The van der Waals surface area contributed by atoms with Crippen molar-refractivity contribution in [2.75, 3.05) is 0 Å². The Bertz CT molecular complexity index is 1070. The fourth-order valence-electron chi connectivity index (χ4n) is 4.65. The summed E-state index contributed by atoms with van der Waals surface area (Å²) < 4.78 is 0. The molecule has 2 aliphatic rings. The second-order valence-electron chi connectivity index (χ2n) is 8.38. The lowest BCUT2D eigenvalue weighted by Gasteiger charge is -2.17. The Morgan fingerprint density at radius 3 is 1.82 bits per heavy atom. The minimum Gasteiger partial charge on any atom is -0.504 e. The summed E-state index contributed by atoms with van der Waals surface area (Å²) in [4.78, 5) is 0. The van der Waals surface area contributed by atoms with E-state index in [0.29, 0.717) is 18.7 Å². The van der Waals surface area contributed by atoms with E-state index in [1.165, 1.54) is 18.9 Å². The highest BCUT2D eigenvalue weighted by molar-refractivity contribution is 5.91. The van der Waals surface area contributed by atoms with E-state index in [2.05, 4.69) is 0 Å². The van der Waals surface area contributed by atoms with Crippen molar-refractivity contribution in [1.82, 2.24) is 0 Å². The Hall–Kier alpha value is -2.86. The van der Waals surface area contributed by atoms with Crippen molar-refractivity contribution in [2.24, 2.45) is 23.3 Å². The Morgan fingerprint density at radius 2 is 1.33 bits per heavy atom. The molecule has 5 heteroatoms. The number of phenolic OH excluding ortho intramolecular Hbond substituents is 2. The highest BCUT2D eigenvalue weighted by Gasteiger charge is 2.47. The van der Waals surface area contributed by atoms with E-state index < -0.39 is 0 Å². The summed E-state index contributed by atoms with van der Waals surface area (Å²) in [5.41, 5.74) is 16.7. The van der Waals surface area contributed by atoms with E-state index in [9.17, 15) is 10.2 Å². The zero-order valence-corrected chi connectivity index (χ0v) is 19.5. The molecule has 5 nitrogen and oxygen atoms in total. The summed E-state index contributed by atoms with van der Waals surface area (Å²) in [6, 6.07) is 18.7. The first-order valence-corrected chi connectivity index (χ1v) is 11.8. The largest absolute Gasteiger partial charge is 0.504 e. The molecule has 3 atom stereocenters. The fraction of sp³-hybridized carbons (Fsp3) is 0.357. The Kier molecular flexibility index (Phi) is 8.50. The van der Waals surface area contributed by atoms with Gasteiger partial charge in [-0.3, -0.25) is 0 Å². The summed E-state index contributed by atoms with van der Waals surface area (Å²) in [6.07, 6.45) is 3.78. The quantitative estimate of drug-likeness (QED) is 0.354. The molecule has 0 spiro atoms. The zero-order valence-electron chi connectivity index (χ0n) is 19.5. The van der Waals surface area contributed by atoms with Crippen LogP contribution in [0, 0.1) is 11.8 Å². The number of hydrogen-bond donors (Lipinski definition) is 5. The molecule has 0 aliphatic heterocycles. The molecule has 2 aliphatic carbocycles. The van der Waals surface area contributed by atoms with Gasteiger partial charge in [0.15, 0.2) is 11.5 Å². The highest BCUT2D eigenvalue weighted by atomic mass is 16.3. The number of benzene rings is 3. The molecule has 2 fully saturated rings. The van der Waals surface area contributed by atoms with Crippen LogP contribution in [-0.2, 0) is 13.1 Å². The van der Waals surface area contributed by atoms with Crippen molar-refractivity contribution in [2.45, 2.75) is 52.3 Å². The van der Waals surface area contributed by atoms with Gasteiger partial charge in [-0.25, -0.2) is 0 Å². The van der Waals surface area contributed by atoms with Gasteiger partial charge in [0, 0.05) is 18.7 Å². The van der Waals surface area contributed by atoms with Gasteiger partial charge in [0.25, 0.3) is 0 Å². The van der Waals surface area contributed by atoms with E-state index in [1.54, 1.807) is 6.07 Å². The monoisotopic (exact) mass is 448 g/mol. The molecule has 3 aromatic carbocycles. The number of fused-ring (bicyclic) bond motifs is 1. The molecule has 0 saturated heterocycles. The number of aromatic hydroxyl groups is 2. The van der Waals surface area contributed by atoms with Crippen molar-refractivity contribution in [3.8, 4) is 33.8 Å². The topological polar surface area (TPSA) is 113 Å². The molecule has 176 valence electrons. The number of phenols is 2. The van der Waals surface area contributed by atoms with Crippen molar-refractivity contribution in [1.29, 1.82) is 0 Å². The van der Waals surface area contributed by atoms with E-state index in [-0.39, 0.29) is 17.6 Å². The summed E-state index contributed by atoms with van der Waals surface area (Å²) >= 11 is 0. The summed E-state index contributed by atoms with van der Waals surface area (Å²) in [6.45, 7) is 4.72. The van der Waals surface area contributed by atoms with Crippen LogP contribution in [0.15, 0.2) is 60.7 Å². The molecule has 3 unspecified atom stereocenters. The van der Waals surface area contributed by atoms with Gasteiger partial charge < -0.3 is 26.8 Å². The first-order valence-electron chi connectivity index (χ1n) is 11.8. The molecular weight excluding hydrogens is 412 g/mol. The molecule has 2 saturated carbocycles. The van der Waals surface area contributed by atoms with E-state index in [4.69, 9.17) is 16.6 Å². The fourth-order valence-corrected chi connectivity index (χ4v) is 4.65. The minimum absolute atomic E-state index is 0.0880. The predicted molar refractivity (Wildman–Crippen MR) is 135 cm³/mol. The number of aliphatic hydroxyl groups is 1. The van der Waals surface area contributed by atoms with Crippen LogP contribution >= 0.6 is 0 Å². The maximum Gasteiger partial charge on any atom is 0.166 e. The molecule has 0 aromatic heterocycles. The predicted octanol–water partition coefficient (Wildman–Crippen LogP) is 5.15. The van der Waals surface area contributed by atoms with Gasteiger partial charge in [-0.15, -0.1) is 0 Å². The molecule has 33 heavy (non-hydrogen) atoms. The lowest BCUT2D eigenvalue weighted by molar-refractivity contribution is 0.159. The van der Waals surface area contributed by atoms with Crippen molar-refractivity contribution in [3.63, 3.8) is 0 Å². The second-order valence-corrected chi connectivity index (χ2v) is 8.38. The van der Waals surface area contributed by atoms with Gasteiger partial charge in [0.2, 0.25) is 0 Å². The van der Waals surface area contributed by atoms with E-state index in [0.717, 1.165) is 46.1 Å². The first kappa shape index (κ1) is 24.8. The number of nitrogens with two attached hydrogens (primary N) is 2. The molecular formula is C28H36N2O3. The normalized spacial score (nSPS) is 20.1. The van der Waals surface area contributed by atoms with Crippen LogP contribution < -0.4 is 11.5 Å². The number of hydrogen-bond acceptors (Lipinski definition) is 5. The molecule has 0 bridgehead atoms. The molecule has 0 heterocycles. The maximum atomic E-state index is 10.6.